The minimum absolute atomic E-state index is 0.118. The summed E-state index contributed by atoms with van der Waals surface area (Å²) in [5.41, 5.74) is 2.54. The number of aromatic nitrogens is 2. The average Bonchev–Trinajstić information content (AvgIpc) is 3.30. The molecule has 0 saturated heterocycles. The molecule has 2 aliphatic heterocycles. The Kier molecular flexibility index (Phi) is 5.30. The first-order valence-electron chi connectivity index (χ1n) is 11.5. The summed E-state index contributed by atoms with van der Waals surface area (Å²) in [6.45, 7) is 0.236. The van der Waals surface area contributed by atoms with Gasteiger partial charge in [-0.1, -0.05) is 12.1 Å². The van der Waals surface area contributed by atoms with Crippen molar-refractivity contribution >= 4 is 23.6 Å². The van der Waals surface area contributed by atoms with E-state index in [2.05, 4.69) is 9.97 Å². The number of ether oxygens (including phenoxy) is 1. The highest BCUT2D eigenvalue weighted by atomic mass is 16.5. The zero-order valence-corrected chi connectivity index (χ0v) is 19.3. The number of hydrogen-bond acceptors (Lipinski definition) is 7. The predicted octanol–water partition coefficient (Wildman–Crippen LogP) is 3.86. The molecule has 4 amide bonds. The normalized spacial score (nSPS) is 14.3. The second-order valence-corrected chi connectivity index (χ2v) is 8.63. The molecule has 0 atom stereocenters. The van der Waals surface area contributed by atoms with Gasteiger partial charge in [0.2, 0.25) is 0 Å². The molecule has 0 fully saturated rings. The van der Waals surface area contributed by atoms with Crippen LogP contribution in [-0.4, -0.2) is 43.4 Å². The Morgan fingerprint density at radius 2 is 1.00 bits per heavy atom. The van der Waals surface area contributed by atoms with Gasteiger partial charge in [-0.3, -0.25) is 38.9 Å². The second-order valence-electron chi connectivity index (χ2n) is 8.63. The summed E-state index contributed by atoms with van der Waals surface area (Å²) < 4.78 is 5.92. The van der Waals surface area contributed by atoms with Gasteiger partial charge in [0.15, 0.2) is 0 Å². The number of imide groups is 2. The van der Waals surface area contributed by atoms with E-state index in [-0.39, 0.29) is 36.0 Å². The molecule has 0 aliphatic carbocycles. The second kappa shape index (κ2) is 8.80. The number of carbonyl (C=O) groups excluding carboxylic acids is 4. The summed E-state index contributed by atoms with van der Waals surface area (Å²) >= 11 is 0. The lowest BCUT2D eigenvalue weighted by atomic mass is 10.1. The van der Waals surface area contributed by atoms with E-state index in [9.17, 15) is 19.2 Å². The third-order valence-electron chi connectivity index (χ3n) is 6.25. The maximum absolute atomic E-state index is 13.0. The number of carbonyl (C=O) groups is 4. The molecule has 2 aromatic heterocycles. The quantitative estimate of drug-likeness (QED) is 0.378. The van der Waals surface area contributed by atoms with Crippen LogP contribution in [0.25, 0.3) is 0 Å². The molecular formula is C28H18N4O5. The number of benzene rings is 2. The van der Waals surface area contributed by atoms with E-state index in [1.165, 1.54) is 21.9 Å². The van der Waals surface area contributed by atoms with Gasteiger partial charge in [0.25, 0.3) is 23.6 Å². The van der Waals surface area contributed by atoms with Crippen LogP contribution in [0.15, 0.2) is 85.5 Å². The zero-order chi connectivity index (χ0) is 25.5. The molecule has 4 heterocycles. The van der Waals surface area contributed by atoms with Crippen molar-refractivity contribution in [2.24, 2.45) is 0 Å². The van der Waals surface area contributed by atoms with Crippen molar-refractivity contribution in [3.63, 3.8) is 0 Å². The highest BCUT2D eigenvalue weighted by Crippen LogP contribution is 2.33. The highest BCUT2D eigenvalue weighted by molar-refractivity contribution is 6.22. The van der Waals surface area contributed by atoms with Crippen LogP contribution in [0.5, 0.6) is 11.5 Å². The van der Waals surface area contributed by atoms with Crippen LogP contribution < -0.4 is 4.74 Å². The fraction of sp³-hybridized carbons (Fsp3) is 0.0714. The van der Waals surface area contributed by atoms with Gasteiger partial charge in [-0.25, -0.2) is 0 Å². The lowest BCUT2D eigenvalue weighted by Crippen LogP contribution is -2.29. The lowest BCUT2D eigenvalue weighted by molar-refractivity contribution is 0.0627. The molecule has 0 unspecified atom stereocenters. The molecule has 9 nitrogen and oxygen atoms in total. The van der Waals surface area contributed by atoms with Crippen LogP contribution in [-0.2, 0) is 13.1 Å². The molecule has 2 aliphatic rings. The van der Waals surface area contributed by atoms with E-state index in [1.54, 1.807) is 73.3 Å². The van der Waals surface area contributed by atoms with Gasteiger partial charge in [-0.05, 0) is 59.7 Å². The first-order chi connectivity index (χ1) is 18.0. The van der Waals surface area contributed by atoms with Crippen molar-refractivity contribution in [2.45, 2.75) is 13.1 Å². The van der Waals surface area contributed by atoms with E-state index in [0.717, 1.165) is 11.1 Å². The van der Waals surface area contributed by atoms with Crippen LogP contribution in [0, 0.1) is 0 Å². The summed E-state index contributed by atoms with van der Waals surface area (Å²) in [5, 5.41) is 0. The Hall–Kier alpha value is -5.18. The number of fused-ring (bicyclic) bond motifs is 2. The van der Waals surface area contributed by atoms with Gasteiger partial charge < -0.3 is 4.74 Å². The lowest BCUT2D eigenvalue weighted by Gasteiger charge is -2.13. The third-order valence-corrected chi connectivity index (χ3v) is 6.25. The number of pyridine rings is 2. The maximum Gasteiger partial charge on any atom is 0.262 e. The molecular weight excluding hydrogens is 472 g/mol. The molecule has 0 N–H and O–H groups in total. The van der Waals surface area contributed by atoms with Gasteiger partial charge in [0.05, 0.1) is 35.3 Å². The van der Waals surface area contributed by atoms with Crippen LogP contribution in [0.3, 0.4) is 0 Å². The van der Waals surface area contributed by atoms with E-state index >= 15 is 0 Å². The highest BCUT2D eigenvalue weighted by Gasteiger charge is 2.37. The number of amides is 4. The summed E-state index contributed by atoms with van der Waals surface area (Å²) in [6.07, 6.45) is 6.46. The summed E-state index contributed by atoms with van der Waals surface area (Å²) in [5.74, 6) is -0.958. The van der Waals surface area contributed by atoms with Gasteiger partial charge >= 0.3 is 0 Å². The van der Waals surface area contributed by atoms with Gasteiger partial charge in [-0.2, -0.15) is 0 Å². The smallest absolute Gasteiger partial charge is 0.262 e. The molecule has 37 heavy (non-hydrogen) atoms. The first kappa shape index (κ1) is 22.3. The van der Waals surface area contributed by atoms with Gasteiger partial charge in [-0.15, -0.1) is 0 Å². The molecule has 2 aromatic carbocycles. The predicted molar refractivity (Wildman–Crippen MR) is 130 cm³/mol. The minimum atomic E-state index is -0.421. The van der Waals surface area contributed by atoms with Crippen LogP contribution in [0.1, 0.15) is 52.6 Å². The Bertz CT molecular complexity index is 1470. The monoisotopic (exact) mass is 490 g/mol. The van der Waals surface area contributed by atoms with Crippen LogP contribution in [0.4, 0.5) is 0 Å². The Balaban J connectivity index is 1.22. The van der Waals surface area contributed by atoms with Crippen molar-refractivity contribution in [3.05, 3.63) is 119 Å². The van der Waals surface area contributed by atoms with Crippen LogP contribution in [0.2, 0.25) is 0 Å². The number of hydrogen-bond donors (Lipinski definition) is 0. The minimum Gasteiger partial charge on any atom is -0.457 e. The van der Waals surface area contributed by atoms with Crippen molar-refractivity contribution in [1.82, 2.24) is 19.8 Å². The van der Waals surface area contributed by atoms with Crippen molar-refractivity contribution in [3.8, 4) is 11.5 Å². The molecule has 6 rings (SSSR count). The Morgan fingerprint density at radius 1 is 0.568 bits per heavy atom. The average molecular weight is 490 g/mol. The first-order valence-corrected chi connectivity index (χ1v) is 11.5. The SMILES string of the molecule is O=C1c2ccc(Oc3ccc4c(c3)C(=O)N(Cc3cccnc3)C4=O)cc2C(=O)N1Cc1cccnc1. The van der Waals surface area contributed by atoms with Crippen molar-refractivity contribution < 1.29 is 23.9 Å². The van der Waals surface area contributed by atoms with Crippen molar-refractivity contribution in [2.75, 3.05) is 0 Å². The Morgan fingerprint density at radius 3 is 1.41 bits per heavy atom. The summed E-state index contributed by atoms with van der Waals surface area (Å²) in [7, 11) is 0. The summed E-state index contributed by atoms with van der Waals surface area (Å²) in [6, 6.07) is 16.4. The van der Waals surface area contributed by atoms with E-state index in [1.807, 2.05) is 0 Å². The molecule has 0 spiro atoms. The number of rotatable bonds is 6. The molecule has 0 saturated carbocycles. The van der Waals surface area contributed by atoms with E-state index in [0.29, 0.717) is 22.6 Å². The number of nitrogens with zero attached hydrogens (tertiary/aromatic N) is 4. The molecule has 0 radical (unpaired) electrons. The summed E-state index contributed by atoms with van der Waals surface area (Å²) in [4.78, 5) is 61.9. The van der Waals surface area contributed by atoms with E-state index < -0.39 is 11.8 Å². The molecule has 9 heteroatoms. The van der Waals surface area contributed by atoms with Gasteiger partial charge in [0, 0.05) is 24.8 Å². The third kappa shape index (κ3) is 3.92. The van der Waals surface area contributed by atoms with Crippen LogP contribution >= 0.6 is 0 Å². The zero-order valence-electron chi connectivity index (χ0n) is 19.3. The maximum atomic E-state index is 13.0. The van der Waals surface area contributed by atoms with Gasteiger partial charge in [0.1, 0.15) is 11.5 Å². The topological polar surface area (TPSA) is 110 Å². The molecule has 0 bridgehead atoms. The van der Waals surface area contributed by atoms with Crippen molar-refractivity contribution in [1.29, 1.82) is 0 Å². The molecule has 180 valence electrons. The Labute approximate surface area is 210 Å². The fourth-order valence-electron chi connectivity index (χ4n) is 4.44. The largest absolute Gasteiger partial charge is 0.457 e. The molecule has 4 aromatic rings. The fourth-order valence-corrected chi connectivity index (χ4v) is 4.44. The van der Waals surface area contributed by atoms with E-state index in [4.69, 9.17) is 4.74 Å². The standard InChI is InChI=1S/C28H18N4O5/c33-25-21-7-5-19(11-23(21)27(35)31(25)15-17-3-1-9-29-13-17)37-20-6-8-22-24(12-20)28(36)32(26(22)34)16-18-4-2-10-30-14-18/h1-14H,15-16H2.